The number of hydrogen-bond donors (Lipinski definition) is 4. The Kier molecular flexibility index (Phi) is 11.0. The second kappa shape index (κ2) is 15.7. The van der Waals surface area contributed by atoms with Gasteiger partial charge in [0, 0.05) is 51.3 Å². The number of carbonyl (C=O) groups is 2. The minimum absolute atomic E-state index is 0.0238. The van der Waals surface area contributed by atoms with Crippen LogP contribution < -0.4 is 16.0 Å². The average molecular weight is 593 g/mol. The van der Waals surface area contributed by atoms with Crippen molar-refractivity contribution in [2.45, 2.75) is 45.0 Å². The fourth-order valence-electron chi connectivity index (χ4n) is 5.37. The fraction of sp³-hybridized carbons (Fsp3) is 0.278. The van der Waals surface area contributed by atoms with Gasteiger partial charge in [0.1, 0.15) is 11.9 Å². The molecule has 44 heavy (non-hydrogen) atoms. The molecule has 0 atom stereocenters. The maximum atomic E-state index is 12.7. The van der Waals surface area contributed by atoms with Crippen LogP contribution in [-0.2, 0) is 29.2 Å². The number of ether oxygens (including phenoxy) is 1. The molecule has 4 N–H and O–H groups in total. The topological polar surface area (TPSA) is 103 Å². The summed E-state index contributed by atoms with van der Waals surface area (Å²) < 4.78 is 5.74. The van der Waals surface area contributed by atoms with E-state index in [4.69, 9.17) is 4.74 Å². The molecule has 1 aliphatic heterocycles. The standard InChI is InChI=1S/C36H40N4O4/c41-31-15-13-27(14-16-31)24-37-25-28-7-6-8-29(23-28)26-38-35(42)19-22-40-20-17-32(18-21-40)44-36(43)39-34-12-5-4-11-33(34)30-9-2-1-3-10-30/h1-16,23,32,37,41H,17-22,24-26H2,(H,38,42)(H,39,43). The summed E-state index contributed by atoms with van der Waals surface area (Å²) in [5.74, 6) is 0.289. The Balaban J connectivity index is 0.977. The van der Waals surface area contributed by atoms with Crippen molar-refractivity contribution in [1.82, 2.24) is 15.5 Å². The number of piperidine rings is 1. The lowest BCUT2D eigenvalue weighted by molar-refractivity contribution is -0.121. The van der Waals surface area contributed by atoms with E-state index in [1.54, 1.807) is 12.1 Å². The molecule has 0 aliphatic carbocycles. The Morgan fingerprint density at radius 3 is 2.23 bits per heavy atom. The van der Waals surface area contributed by atoms with Crippen molar-refractivity contribution in [3.8, 4) is 16.9 Å². The second-order valence-corrected chi connectivity index (χ2v) is 11.1. The van der Waals surface area contributed by atoms with Gasteiger partial charge in [0.15, 0.2) is 0 Å². The summed E-state index contributed by atoms with van der Waals surface area (Å²) in [5, 5.41) is 18.8. The molecule has 1 aliphatic rings. The van der Waals surface area contributed by atoms with Crippen LogP contribution in [0.2, 0.25) is 0 Å². The Bertz CT molecular complexity index is 1500. The van der Waals surface area contributed by atoms with Crippen molar-refractivity contribution < 1.29 is 19.4 Å². The third-order valence-electron chi connectivity index (χ3n) is 7.79. The number of amides is 2. The van der Waals surface area contributed by atoms with E-state index in [0.29, 0.717) is 32.6 Å². The van der Waals surface area contributed by atoms with Crippen molar-refractivity contribution >= 4 is 17.7 Å². The summed E-state index contributed by atoms with van der Waals surface area (Å²) in [7, 11) is 0. The number of carbonyl (C=O) groups excluding carboxylic acids is 2. The van der Waals surface area contributed by atoms with Crippen LogP contribution in [0.25, 0.3) is 11.1 Å². The van der Waals surface area contributed by atoms with Crippen LogP contribution in [0.4, 0.5) is 10.5 Å². The van der Waals surface area contributed by atoms with E-state index in [0.717, 1.165) is 59.4 Å². The van der Waals surface area contributed by atoms with E-state index in [-0.39, 0.29) is 17.8 Å². The maximum Gasteiger partial charge on any atom is 0.411 e. The summed E-state index contributed by atoms with van der Waals surface area (Å²) >= 11 is 0. The molecule has 0 spiro atoms. The number of phenols is 1. The summed E-state index contributed by atoms with van der Waals surface area (Å²) in [6, 6.07) is 33.0. The van der Waals surface area contributed by atoms with Crippen LogP contribution in [0.5, 0.6) is 5.75 Å². The third-order valence-corrected chi connectivity index (χ3v) is 7.79. The minimum atomic E-state index is -0.441. The molecule has 2 amide bonds. The molecular formula is C36H40N4O4. The van der Waals surface area contributed by atoms with Crippen LogP contribution in [0, 0.1) is 0 Å². The van der Waals surface area contributed by atoms with Gasteiger partial charge in [0.05, 0.1) is 5.69 Å². The van der Waals surface area contributed by atoms with Gasteiger partial charge in [-0.2, -0.15) is 0 Å². The Labute approximate surface area is 259 Å². The zero-order valence-electron chi connectivity index (χ0n) is 24.9. The van der Waals surface area contributed by atoms with E-state index >= 15 is 0 Å². The summed E-state index contributed by atoms with van der Waals surface area (Å²) in [5.41, 5.74) is 6.02. The number of para-hydroxylation sites is 1. The Morgan fingerprint density at radius 1 is 0.773 bits per heavy atom. The van der Waals surface area contributed by atoms with Crippen molar-refractivity contribution in [2.24, 2.45) is 0 Å². The molecule has 0 bridgehead atoms. The molecule has 0 radical (unpaired) electrons. The summed E-state index contributed by atoms with van der Waals surface area (Å²) in [6.07, 6.45) is 1.32. The molecule has 0 saturated carbocycles. The Hall–Kier alpha value is -4.66. The van der Waals surface area contributed by atoms with Gasteiger partial charge in [-0.15, -0.1) is 0 Å². The zero-order chi connectivity index (χ0) is 30.6. The summed E-state index contributed by atoms with van der Waals surface area (Å²) in [6.45, 7) is 4.15. The van der Waals surface area contributed by atoms with Gasteiger partial charge in [-0.05, 0) is 53.3 Å². The predicted molar refractivity (Wildman–Crippen MR) is 173 cm³/mol. The molecule has 5 rings (SSSR count). The highest BCUT2D eigenvalue weighted by Gasteiger charge is 2.23. The van der Waals surface area contributed by atoms with E-state index < -0.39 is 6.09 Å². The first-order valence-electron chi connectivity index (χ1n) is 15.2. The first-order valence-corrected chi connectivity index (χ1v) is 15.2. The van der Waals surface area contributed by atoms with E-state index in [1.165, 1.54) is 0 Å². The highest BCUT2D eigenvalue weighted by Crippen LogP contribution is 2.28. The lowest BCUT2D eigenvalue weighted by atomic mass is 10.0. The quantitative estimate of drug-likeness (QED) is 0.159. The number of benzene rings is 4. The molecule has 1 heterocycles. The van der Waals surface area contributed by atoms with Crippen molar-refractivity contribution in [3.63, 3.8) is 0 Å². The average Bonchev–Trinajstić information content (AvgIpc) is 3.05. The van der Waals surface area contributed by atoms with Crippen LogP contribution in [-0.4, -0.2) is 47.7 Å². The number of likely N-dealkylation sites (tertiary alicyclic amines) is 1. The normalized spacial score (nSPS) is 13.7. The Morgan fingerprint density at radius 2 is 1.45 bits per heavy atom. The molecule has 8 heteroatoms. The van der Waals surface area contributed by atoms with E-state index in [2.05, 4.69) is 33.0 Å². The lowest BCUT2D eigenvalue weighted by Gasteiger charge is -2.31. The summed E-state index contributed by atoms with van der Waals surface area (Å²) in [4.78, 5) is 27.5. The SMILES string of the molecule is O=C(CCN1CCC(OC(=O)Nc2ccccc2-c2ccccc2)CC1)NCc1cccc(CNCc2ccc(O)cc2)c1. The van der Waals surface area contributed by atoms with Crippen molar-refractivity contribution in [1.29, 1.82) is 0 Å². The van der Waals surface area contributed by atoms with Gasteiger partial charge in [0.2, 0.25) is 5.91 Å². The van der Waals surface area contributed by atoms with Crippen molar-refractivity contribution in [2.75, 3.05) is 25.0 Å². The predicted octanol–water partition coefficient (Wildman–Crippen LogP) is 6.07. The third kappa shape index (κ3) is 9.42. The van der Waals surface area contributed by atoms with Gasteiger partial charge >= 0.3 is 6.09 Å². The van der Waals surface area contributed by atoms with E-state index in [9.17, 15) is 14.7 Å². The monoisotopic (exact) mass is 592 g/mol. The van der Waals surface area contributed by atoms with Gasteiger partial charge < -0.3 is 25.4 Å². The van der Waals surface area contributed by atoms with Gasteiger partial charge in [-0.3, -0.25) is 10.1 Å². The smallest absolute Gasteiger partial charge is 0.411 e. The largest absolute Gasteiger partial charge is 0.508 e. The van der Waals surface area contributed by atoms with Crippen LogP contribution in [0.15, 0.2) is 103 Å². The van der Waals surface area contributed by atoms with Crippen molar-refractivity contribution in [3.05, 3.63) is 120 Å². The van der Waals surface area contributed by atoms with Gasteiger partial charge in [-0.25, -0.2) is 4.79 Å². The van der Waals surface area contributed by atoms with Crippen LogP contribution in [0.1, 0.15) is 36.0 Å². The zero-order valence-corrected chi connectivity index (χ0v) is 24.9. The molecule has 0 aromatic heterocycles. The van der Waals surface area contributed by atoms with E-state index in [1.807, 2.05) is 78.9 Å². The molecule has 0 unspecified atom stereocenters. The number of nitrogens with one attached hydrogen (secondary N) is 3. The number of hydrogen-bond acceptors (Lipinski definition) is 6. The first-order chi connectivity index (χ1) is 21.5. The fourth-order valence-corrected chi connectivity index (χ4v) is 5.37. The lowest BCUT2D eigenvalue weighted by Crippen LogP contribution is -2.40. The van der Waals surface area contributed by atoms with Gasteiger partial charge in [-0.1, -0.05) is 84.9 Å². The molecule has 8 nitrogen and oxygen atoms in total. The highest BCUT2D eigenvalue weighted by atomic mass is 16.6. The molecule has 1 saturated heterocycles. The van der Waals surface area contributed by atoms with Gasteiger partial charge in [0.25, 0.3) is 0 Å². The number of rotatable bonds is 12. The second-order valence-electron chi connectivity index (χ2n) is 11.1. The minimum Gasteiger partial charge on any atom is -0.508 e. The number of nitrogens with zero attached hydrogens (tertiary/aromatic N) is 1. The molecule has 228 valence electrons. The highest BCUT2D eigenvalue weighted by molar-refractivity contribution is 5.91. The molecule has 1 fully saturated rings. The number of phenolic OH excluding ortho intramolecular Hbond substituents is 1. The molecular weight excluding hydrogens is 552 g/mol. The van der Waals surface area contributed by atoms with Crippen LogP contribution in [0.3, 0.4) is 0 Å². The number of aromatic hydroxyl groups is 1. The molecule has 4 aromatic rings. The van der Waals surface area contributed by atoms with Crippen LogP contribution >= 0.6 is 0 Å². The molecule has 4 aromatic carbocycles. The number of anilines is 1. The maximum absolute atomic E-state index is 12.7. The first kappa shape index (κ1) is 30.8.